The van der Waals surface area contributed by atoms with Crippen LogP contribution in [0.2, 0.25) is 0 Å². The molecule has 1 heterocycles. The van der Waals surface area contributed by atoms with Crippen molar-refractivity contribution >= 4 is 5.97 Å². The predicted molar refractivity (Wildman–Crippen MR) is 125 cm³/mol. The molecule has 174 valence electrons. The van der Waals surface area contributed by atoms with Crippen LogP contribution < -0.4 is 0 Å². The standard InChI is InChI=1S/C27H31FN2O3/c1-3-24-23(25(4-2)30(29-24)13-12-26(31)32)16-18-15-19(14-17-8-10-20(28)11-9-17)27(33)22-7-5-6-21(18)22/h8-11,15,33H,3-7,12-14,16H2,1-2H3,(H,31,32). The summed E-state index contributed by atoms with van der Waals surface area (Å²) in [6.45, 7) is 4.53. The highest BCUT2D eigenvalue weighted by Crippen LogP contribution is 2.38. The molecule has 3 aromatic rings. The molecule has 0 saturated carbocycles. The van der Waals surface area contributed by atoms with Gasteiger partial charge in [0.1, 0.15) is 11.6 Å². The molecule has 5 nitrogen and oxygen atoms in total. The number of nitrogens with zero attached hydrogens (tertiary/aromatic N) is 2. The Morgan fingerprint density at radius 1 is 1.06 bits per heavy atom. The van der Waals surface area contributed by atoms with E-state index in [1.165, 1.54) is 28.8 Å². The van der Waals surface area contributed by atoms with E-state index in [-0.39, 0.29) is 12.2 Å². The number of carboxylic acid groups (broad SMARTS) is 1. The third-order valence-corrected chi connectivity index (χ3v) is 6.68. The summed E-state index contributed by atoms with van der Waals surface area (Å²) in [6, 6.07) is 8.54. The van der Waals surface area contributed by atoms with Crippen molar-refractivity contribution < 1.29 is 19.4 Å². The molecule has 1 aliphatic carbocycles. The molecule has 33 heavy (non-hydrogen) atoms. The SMILES string of the molecule is CCc1nn(CCC(=O)O)c(CC)c1Cc1cc(Cc2ccc(F)cc2)c(O)c2c1CCC2. The third kappa shape index (κ3) is 4.80. The minimum atomic E-state index is -0.825. The number of carboxylic acids is 1. The molecule has 0 spiro atoms. The van der Waals surface area contributed by atoms with Gasteiger partial charge >= 0.3 is 5.97 Å². The predicted octanol–water partition coefficient (Wildman–Crippen LogP) is 5.00. The van der Waals surface area contributed by atoms with Crippen LogP contribution in [-0.4, -0.2) is 26.0 Å². The van der Waals surface area contributed by atoms with E-state index in [0.717, 1.165) is 66.6 Å². The van der Waals surface area contributed by atoms with Crippen LogP contribution in [0.15, 0.2) is 30.3 Å². The van der Waals surface area contributed by atoms with E-state index >= 15 is 0 Å². The van der Waals surface area contributed by atoms with Gasteiger partial charge in [-0.2, -0.15) is 5.10 Å². The minimum absolute atomic E-state index is 0.0493. The number of fused-ring (bicyclic) bond motifs is 1. The summed E-state index contributed by atoms with van der Waals surface area (Å²) in [4.78, 5) is 11.1. The first-order valence-electron chi connectivity index (χ1n) is 11.8. The normalized spacial score (nSPS) is 12.8. The van der Waals surface area contributed by atoms with Crippen LogP contribution in [0.3, 0.4) is 0 Å². The molecule has 0 fully saturated rings. The zero-order chi connectivity index (χ0) is 23.5. The van der Waals surface area contributed by atoms with Crippen molar-refractivity contribution in [1.82, 2.24) is 9.78 Å². The monoisotopic (exact) mass is 450 g/mol. The largest absolute Gasteiger partial charge is 0.507 e. The number of phenolic OH excluding ortho intramolecular Hbond substituents is 1. The highest BCUT2D eigenvalue weighted by molar-refractivity contribution is 5.66. The minimum Gasteiger partial charge on any atom is -0.507 e. The van der Waals surface area contributed by atoms with Crippen molar-refractivity contribution in [3.05, 3.63) is 80.9 Å². The Hall–Kier alpha value is -3.15. The van der Waals surface area contributed by atoms with Crippen LogP contribution >= 0.6 is 0 Å². The van der Waals surface area contributed by atoms with Crippen molar-refractivity contribution in [2.45, 2.75) is 71.8 Å². The first-order valence-corrected chi connectivity index (χ1v) is 11.8. The molecule has 0 aliphatic heterocycles. The lowest BCUT2D eigenvalue weighted by Gasteiger charge is -2.16. The fourth-order valence-electron chi connectivity index (χ4n) is 5.08. The lowest BCUT2D eigenvalue weighted by atomic mass is 9.90. The molecule has 0 saturated heterocycles. The van der Waals surface area contributed by atoms with Gasteiger partial charge in [-0.3, -0.25) is 9.48 Å². The molecule has 0 amide bonds. The van der Waals surface area contributed by atoms with Crippen molar-refractivity contribution in [2.75, 3.05) is 0 Å². The molecular formula is C27H31FN2O3. The van der Waals surface area contributed by atoms with Crippen molar-refractivity contribution in [2.24, 2.45) is 0 Å². The molecule has 2 aromatic carbocycles. The van der Waals surface area contributed by atoms with E-state index in [0.29, 0.717) is 18.7 Å². The number of benzene rings is 2. The number of aromatic nitrogens is 2. The van der Waals surface area contributed by atoms with Gasteiger partial charge in [-0.05, 0) is 72.1 Å². The lowest BCUT2D eigenvalue weighted by Crippen LogP contribution is -2.09. The second-order valence-corrected chi connectivity index (χ2v) is 8.78. The topological polar surface area (TPSA) is 75.4 Å². The van der Waals surface area contributed by atoms with E-state index in [9.17, 15) is 14.3 Å². The third-order valence-electron chi connectivity index (χ3n) is 6.68. The first-order chi connectivity index (χ1) is 15.9. The van der Waals surface area contributed by atoms with Crippen LogP contribution in [0.5, 0.6) is 5.75 Å². The molecule has 0 radical (unpaired) electrons. The Morgan fingerprint density at radius 3 is 2.45 bits per heavy atom. The van der Waals surface area contributed by atoms with Crippen LogP contribution in [-0.2, 0) is 49.9 Å². The molecule has 4 rings (SSSR count). The molecule has 1 aliphatic rings. The summed E-state index contributed by atoms with van der Waals surface area (Å²) in [7, 11) is 0. The number of aliphatic carboxylic acids is 1. The average Bonchev–Trinajstić information content (AvgIpc) is 3.42. The summed E-state index contributed by atoms with van der Waals surface area (Å²) in [5, 5.41) is 24.9. The Morgan fingerprint density at radius 2 is 1.79 bits per heavy atom. The zero-order valence-corrected chi connectivity index (χ0v) is 19.3. The van der Waals surface area contributed by atoms with E-state index < -0.39 is 5.97 Å². The lowest BCUT2D eigenvalue weighted by molar-refractivity contribution is -0.137. The van der Waals surface area contributed by atoms with E-state index in [1.54, 1.807) is 12.1 Å². The van der Waals surface area contributed by atoms with Crippen molar-refractivity contribution in [1.29, 1.82) is 0 Å². The maximum Gasteiger partial charge on any atom is 0.305 e. The van der Waals surface area contributed by atoms with Gasteiger partial charge in [-0.1, -0.05) is 32.0 Å². The number of hydrogen-bond acceptors (Lipinski definition) is 3. The average molecular weight is 451 g/mol. The first kappa shape index (κ1) is 23.0. The number of aromatic hydroxyl groups is 1. The highest BCUT2D eigenvalue weighted by Gasteiger charge is 2.24. The number of hydrogen-bond donors (Lipinski definition) is 2. The number of aryl methyl sites for hydroxylation is 2. The maximum atomic E-state index is 13.3. The van der Waals surface area contributed by atoms with Crippen molar-refractivity contribution in [3.8, 4) is 5.75 Å². The Kier molecular flexibility index (Phi) is 6.82. The maximum absolute atomic E-state index is 13.3. The summed E-state index contributed by atoms with van der Waals surface area (Å²) < 4.78 is 15.2. The number of carbonyl (C=O) groups is 1. The van der Waals surface area contributed by atoms with Crippen LogP contribution in [0, 0.1) is 5.82 Å². The van der Waals surface area contributed by atoms with Gasteiger partial charge in [-0.15, -0.1) is 0 Å². The molecule has 0 bridgehead atoms. The zero-order valence-electron chi connectivity index (χ0n) is 19.3. The molecule has 0 unspecified atom stereocenters. The van der Waals surface area contributed by atoms with Gasteiger partial charge in [0.15, 0.2) is 0 Å². The van der Waals surface area contributed by atoms with Gasteiger partial charge in [0.25, 0.3) is 0 Å². The van der Waals surface area contributed by atoms with E-state index in [1.807, 2.05) is 4.68 Å². The number of halogens is 1. The Bertz CT molecular complexity index is 1170. The van der Waals surface area contributed by atoms with E-state index in [2.05, 4.69) is 19.9 Å². The second-order valence-electron chi connectivity index (χ2n) is 8.78. The highest BCUT2D eigenvalue weighted by atomic mass is 19.1. The fourth-order valence-corrected chi connectivity index (χ4v) is 5.08. The number of phenols is 1. The van der Waals surface area contributed by atoms with Gasteiger partial charge in [0, 0.05) is 24.1 Å². The van der Waals surface area contributed by atoms with Gasteiger partial charge < -0.3 is 10.2 Å². The molecule has 6 heteroatoms. The summed E-state index contributed by atoms with van der Waals surface area (Å²) in [5.74, 6) is -0.718. The van der Waals surface area contributed by atoms with Gasteiger partial charge in [-0.25, -0.2) is 4.39 Å². The van der Waals surface area contributed by atoms with Crippen molar-refractivity contribution in [3.63, 3.8) is 0 Å². The van der Waals surface area contributed by atoms with Gasteiger partial charge in [0.2, 0.25) is 0 Å². The number of rotatable bonds is 9. The Labute approximate surface area is 193 Å². The van der Waals surface area contributed by atoms with Crippen LogP contribution in [0.4, 0.5) is 4.39 Å². The molecule has 2 N–H and O–H groups in total. The summed E-state index contributed by atoms with van der Waals surface area (Å²) in [6.07, 6.45) is 5.72. The fraction of sp³-hybridized carbons (Fsp3) is 0.407. The second kappa shape index (κ2) is 9.77. The molecule has 0 atom stereocenters. The van der Waals surface area contributed by atoms with Crippen LogP contribution in [0.25, 0.3) is 0 Å². The summed E-state index contributed by atoms with van der Waals surface area (Å²) in [5.41, 5.74) is 8.59. The van der Waals surface area contributed by atoms with Gasteiger partial charge in [0.05, 0.1) is 18.7 Å². The van der Waals surface area contributed by atoms with Crippen LogP contribution in [0.1, 0.15) is 71.5 Å². The summed E-state index contributed by atoms with van der Waals surface area (Å²) >= 11 is 0. The molecular weight excluding hydrogens is 419 g/mol. The molecule has 1 aromatic heterocycles. The quantitative estimate of drug-likeness (QED) is 0.481. The van der Waals surface area contributed by atoms with E-state index in [4.69, 9.17) is 10.2 Å². The smallest absolute Gasteiger partial charge is 0.305 e. The Balaban J connectivity index is 1.73.